The molecule has 4 fully saturated rings. The van der Waals surface area contributed by atoms with E-state index in [0.29, 0.717) is 192 Å². The van der Waals surface area contributed by atoms with Crippen LogP contribution in [0.4, 0.5) is 11.6 Å². The Morgan fingerprint density at radius 3 is 1.86 bits per heavy atom. The molecule has 618 valence electrons. The van der Waals surface area contributed by atoms with Crippen molar-refractivity contribution in [2.24, 2.45) is 46.7 Å². The van der Waals surface area contributed by atoms with Gasteiger partial charge >= 0.3 is 0 Å². The molecule has 1 aromatic heterocycles. The molecule has 0 radical (unpaired) electrons. The standard InChI is InChI=1S/C90H137N5O16/c1-10-19-86(91)111-84-34-29-73(59-69(84)5)60-81-88(92)93-65-94-89(81)95(8)64-72-27-25-71(26-28-72)21-18-41-101-42-43-102-44-45-103-46-47-104-48-49-105-50-51-106-52-53-107-54-55-108-56-57-109-77-36-39-90(7,40-37-77)38-35-76(74-30-31-74)61-82(97)68(4)58-67(3)80(75-32-33-75)63-83(98)66(2)20-15-13-11-12-14-16-22-78(100-9)62-79-23-17-24-85(110-79)87(99)70(6)96/h11-14,16,19,22,25-29,34,58-59,65-66,68,74-80,85H,10,15,17-18,20-21,23-24,30-33,35-57,60-64,91H2,1-9H3,(H2,92,93,94)/b13-11+,14-12+,22-16+,67-58+,86-19-. The van der Waals surface area contributed by atoms with Gasteiger partial charge < -0.3 is 73.2 Å². The van der Waals surface area contributed by atoms with Crippen molar-refractivity contribution in [3.05, 3.63) is 137 Å². The molecule has 0 amide bonds. The maximum absolute atomic E-state index is 13.9. The van der Waals surface area contributed by atoms with Crippen LogP contribution in [0.2, 0.25) is 0 Å². The molecule has 7 unspecified atom stereocenters. The maximum atomic E-state index is 13.9. The van der Waals surface area contributed by atoms with Crippen LogP contribution >= 0.6 is 0 Å². The third kappa shape index (κ3) is 36.4. The van der Waals surface area contributed by atoms with E-state index in [1.807, 2.05) is 69.5 Å². The Balaban J connectivity index is 0.606. The summed E-state index contributed by atoms with van der Waals surface area (Å²) in [5.41, 5.74) is 19.3. The molecular formula is C90H137N5O16. The highest BCUT2D eigenvalue weighted by Gasteiger charge is 2.39. The predicted molar refractivity (Wildman–Crippen MR) is 437 cm³/mol. The molecule has 2 heterocycles. The molecule has 4 N–H and O–H groups in total. The number of ether oxygens (including phenoxy) is 12. The lowest BCUT2D eigenvalue weighted by Crippen LogP contribution is -2.38. The first-order valence-electron chi connectivity index (χ1n) is 41.6. The highest BCUT2D eigenvalue weighted by molar-refractivity contribution is 6.38. The first-order valence-corrected chi connectivity index (χ1v) is 41.6. The number of carbonyl (C=O) groups is 4. The number of ketones is 4. The average molecular weight is 1550 g/mol. The number of nitrogens with two attached hydrogens (primary N) is 2. The van der Waals surface area contributed by atoms with Gasteiger partial charge in [0.1, 0.15) is 41.4 Å². The van der Waals surface area contributed by atoms with E-state index in [2.05, 4.69) is 85.0 Å². The third-order valence-electron chi connectivity index (χ3n) is 22.1. The van der Waals surface area contributed by atoms with Gasteiger partial charge in [-0.1, -0.05) is 112 Å². The van der Waals surface area contributed by atoms with E-state index in [-0.39, 0.29) is 41.5 Å². The molecule has 111 heavy (non-hydrogen) atoms. The van der Waals surface area contributed by atoms with Gasteiger partial charge in [-0.15, -0.1) is 0 Å². The number of carbonyl (C=O) groups excluding carboxylic acids is 4. The van der Waals surface area contributed by atoms with E-state index in [0.717, 1.165) is 125 Å². The van der Waals surface area contributed by atoms with Crippen molar-refractivity contribution in [3.8, 4) is 5.75 Å². The van der Waals surface area contributed by atoms with Crippen molar-refractivity contribution in [1.82, 2.24) is 9.97 Å². The van der Waals surface area contributed by atoms with E-state index >= 15 is 0 Å². The number of hydrogen-bond donors (Lipinski definition) is 2. The largest absolute Gasteiger partial charge is 0.442 e. The lowest BCUT2D eigenvalue weighted by Gasteiger charge is -2.38. The second-order valence-corrected chi connectivity index (χ2v) is 31.4. The number of Topliss-reactive ketones (excluding diaryl/α,β-unsaturated/α-hetero) is 4. The third-order valence-corrected chi connectivity index (χ3v) is 22.1. The Labute approximate surface area is 664 Å². The zero-order chi connectivity index (χ0) is 79.4. The summed E-state index contributed by atoms with van der Waals surface area (Å²) < 4.78 is 69.2. The molecule has 3 aliphatic carbocycles. The number of allylic oxidation sites excluding steroid dienone is 8. The van der Waals surface area contributed by atoms with Crippen molar-refractivity contribution in [1.29, 1.82) is 0 Å². The van der Waals surface area contributed by atoms with Gasteiger partial charge in [0.25, 0.3) is 0 Å². The van der Waals surface area contributed by atoms with E-state index in [9.17, 15) is 19.2 Å². The molecule has 1 saturated heterocycles. The normalized spacial score (nSPS) is 19.9. The summed E-state index contributed by atoms with van der Waals surface area (Å²) in [7, 11) is 3.69. The molecule has 21 nitrogen and oxygen atoms in total. The van der Waals surface area contributed by atoms with Gasteiger partial charge in [-0.2, -0.15) is 0 Å². The number of nitrogens with zero attached hydrogens (tertiary/aromatic N) is 3. The van der Waals surface area contributed by atoms with Crippen LogP contribution in [0.3, 0.4) is 0 Å². The molecule has 3 saturated carbocycles. The molecule has 4 aliphatic rings. The minimum Gasteiger partial charge on any atom is -0.442 e. The molecule has 2 aromatic carbocycles. The molecule has 0 spiro atoms. The Bertz CT molecular complexity index is 3340. The van der Waals surface area contributed by atoms with Crippen LogP contribution in [0.1, 0.15) is 198 Å². The Kier molecular flexibility index (Phi) is 43.2. The number of benzene rings is 2. The summed E-state index contributed by atoms with van der Waals surface area (Å²) in [5, 5.41) is 0. The topological polar surface area (TPSA) is 260 Å². The van der Waals surface area contributed by atoms with Crippen LogP contribution in [-0.4, -0.2) is 184 Å². The van der Waals surface area contributed by atoms with Crippen LogP contribution in [0.25, 0.3) is 0 Å². The van der Waals surface area contributed by atoms with E-state index < -0.39 is 17.7 Å². The number of rotatable bonds is 61. The van der Waals surface area contributed by atoms with Crippen molar-refractivity contribution >= 4 is 34.8 Å². The molecular weight excluding hydrogens is 1410 g/mol. The van der Waals surface area contributed by atoms with Crippen LogP contribution in [0.15, 0.2) is 109 Å². The van der Waals surface area contributed by atoms with E-state index in [1.165, 1.54) is 42.8 Å². The fourth-order valence-electron chi connectivity index (χ4n) is 14.9. The smallest absolute Gasteiger partial charge is 0.226 e. The van der Waals surface area contributed by atoms with Gasteiger partial charge in [0.15, 0.2) is 11.7 Å². The summed E-state index contributed by atoms with van der Waals surface area (Å²) in [6.07, 6.45) is 37.3. The number of nitrogen functional groups attached to an aromatic ring is 1. The monoisotopic (exact) mass is 1540 g/mol. The summed E-state index contributed by atoms with van der Waals surface area (Å²) in [6.45, 7) is 23.5. The summed E-state index contributed by atoms with van der Waals surface area (Å²) in [6, 6.07) is 14.7. The zero-order valence-corrected chi connectivity index (χ0v) is 68.8. The van der Waals surface area contributed by atoms with Crippen molar-refractivity contribution < 1.29 is 76.0 Å². The first kappa shape index (κ1) is 91.8. The Hall–Kier alpha value is -6.34. The number of aryl methyl sites for hydroxylation is 2. The van der Waals surface area contributed by atoms with Gasteiger partial charge in [0.2, 0.25) is 5.78 Å². The highest BCUT2D eigenvalue weighted by atomic mass is 16.6. The highest BCUT2D eigenvalue weighted by Crippen LogP contribution is 2.47. The number of hydrogen-bond acceptors (Lipinski definition) is 21. The van der Waals surface area contributed by atoms with Crippen LogP contribution < -0.4 is 21.1 Å². The Morgan fingerprint density at radius 1 is 0.685 bits per heavy atom. The SMILES string of the molecule is CC/C=C(/N)Oc1ccc(Cc2c(N)ncnc2N(C)Cc2ccc(CCCOCCOCCOCCOCCOCCOCCOCCOCCOC3CCC(C)(CCC(CC(=O)C(C)/C=C(\C)C(CC(=O)C(C)CC/C=C/C=C/C=C/C(CC4CCCC(C(=O)C(C)=O)O4)OC)C4CC4)C4CC4)CC3)cc2)cc1C. The van der Waals surface area contributed by atoms with Gasteiger partial charge in [0, 0.05) is 77.3 Å². The molecule has 21 heteroatoms. The molecule has 7 atom stereocenters. The van der Waals surface area contributed by atoms with E-state index in [1.54, 1.807) is 7.11 Å². The average Bonchev–Trinajstić information content (AvgIpc) is 1.77. The number of aromatic nitrogens is 2. The fraction of sp³-hybridized carbons (Fsp3) is 0.667. The molecule has 1 aliphatic heterocycles. The summed E-state index contributed by atoms with van der Waals surface area (Å²) >= 11 is 0. The Morgan fingerprint density at radius 2 is 1.27 bits per heavy atom. The molecule has 3 aromatic rings. The summed E-state index contributed by atoms with van der Waals surface area (Å²) in [5.74, 6) is 3.84. The van der Waals surface area contributed by atoms with Crippen molar-refractivity contribution in [2.75, 3.05) is 137 Å². The number of methoxy groups -OCH3 is 1. The second-order valence-electron chi connectivity index (χ2n) is 31.4. The first-order chi connectivity index (χ1) is 53.8. The van der Waals surface area contributed by atoms with Crippen molar-refractivity contribution in [3.63, 3.8) is 0 Å². The fourth-order valence-corrected chi connectivity index (χ4v) is 14.9. The minimum atomic E-state index is -0.643. The van der Waals surface area contributed by atoms with Crippen LogP contribution in [-0.2, 0) is 90.7 Å². The van der Waals surface area contributed by atoms with Crippen molar-refractivity contribution in [2.45, 2.75) is 221 Å². The van der Waals surface area contributed by atoms with Gasteiger partial charge in [0.05, 0.1) is 124 Å². The lowest BCUT2D eigenvalue weighted by molar-refractivity contribution is -0.149. The molecule has 0 bridgehead atoms. The lowest BCUT2D eigenvalue weighted by atomic mass is 9.70. The van der Waals surface area contributed by atoms with Gasteiger partial charge in [-0.05, 0) is 193 Å². The minimum absolute atomic E-state index is 0.0300. The second kappa shape index (κ2) is 52.2. The summed E-state index contributed by atoms with van der Waals surface area (Å²) in [4.78, 5) is 62.4. The van der Waals surface area contributed by atoms with Crippen LogP contribution in [0.5, 0.6) is 5.75 Å². The predicted octanol–water partition coefficient (Wildman–Crippen LogP) is 15.1. The zero-order valence-electron chi connectivity index (χ0n) is 68.8. The quantitative estimate of drug-likeness (QED) is 0.0175. The van der Waals surface area contributed by atoms with Crippen LogP contribution in [0, 0.1) is 47.8 Å². The van der Waals surface area contributed by atoms with Gasteiger partial charge in [-0.3, -0.25) is 19.2 Å². The van der Waals surface area contributed by atoms with Gasteiger partial charge in [-0.25, -0.2) is 9.97 Å². The molecule has 7 rings (SSSR count). The van der Waals surface area contributed by atoms with E-state index in [4.69, 9.17) is 68.3 Å². The number of anilines is 2. The maximum Gasteiger partial charge on any atom is 0.226 e.